The van der Waals surface area contributed by atoms with Crippen LogP contribution in [0.15, 0.2) is 24.3 Å². The van der Waals surface area contributed by atoms with Crippen molar-refractivity contribution < 1.29 is 0 Å². The standard InChI is InChI=1S/C17H28N2/c1-2-3-5-16-6-8-17(9-7-16)10-14-19-13-4-11-18-12-15-19/h6-9,18H,2-5,10-15H2,1H3. The Kier molecular flexibility index (Phi) is 6.38. The molecule has 0 saturated carbocycles. The Hall–Kier alpha value is -0.860. The molecule has 0 radical (unpaired) electrons. The second-order valence-corrected chi connectivity index (χ2v) is 5.62. The summed E-state index contributed by atoms with van der Waals surface area (Å²) in [5.74, 6) is 0. The normalized spacial score (nSPS) is 17.3. The van der Waals surface area contributed by atoms with E-state index in [1.54, 1.807) is 0 Å². The largest absolute Gasteiger partial charge is 0.315 e. The van der Waals surface area contributed by atoms with E-state index >= 15 is 0 Å². The Morgan fingerprint density at radius 1 is 1.00 bits per heavy atom. The second-order valence-electron chi connectivity index (χ2n) is 5.62. The third-order valence-corrected chi connectivity index (χ3v) is 3.99. The van der Waals surface area contributed by atoms with E-state index in [9.17, 15) is 0 Å². The highest BCUT2D eigenvalue weighted by Gasteiger charge is 2.07. The maximum atomic E-state index is 3.46. The lowest BCUT2D eigenvalue weighted by Gasteiger charge is -2.19. The van der Waals surface area contributed by atoms with Gasteiger partial charge < -0.3 is 10.2 Å². The number of nitrogens with one attached hydrogen (secondary N) is 1. The zero-order chi connectivity index (χ0) is 13.3. The van der Waals surface area contributed by atoms with Crippen molar-refractivity contribution in [3.8, 4) is 0 Å². The zero-order valence-electron chi connectivity index (χ0n) is 12.3. The number of nitrogens with zero attached hydrogens (tertiary/aromatic N) is 1. The Balaban J connectivity index is 1.75. The minimum Gasteiger partial charge on any atom is -0.315 e. The van der Waals surface area contributed by atoms with Crippen LogP contribution in [0.2, 0.25) is 0 Å². The first-order valence-corrected chi connectivity index (χ1v) is 7.89. The SMILES string of the molecule is CCCCc1ccc(CCN2CCCNCC2)cc1. The fourth-order valence-electron chi connectivity index (χ4n) is 2.67. The van der Waals surface area contributed by atoms with Crippen molar-refractivity contribution in [3.63, 3.8) is 0 Å². The molecule has 106 valence electrons. The van der Waals surface area contributed by atoms with E-state index in [2.05, 4.69) is 41.4 Å². The molecule has 1 aromatic carbocycles. The minimum atomic E-state index is 1.15. The quantitative estimate of drug-likeness (QED) is 0.846. The first kappa shape index (κ1) is 14.5. The molecule has 0 bridgehead atoms. The molecule has 0 amide bonds. The predicted octanol–water partition coefficient (Wildman–Crippen LogP) is 2.87. The maximum Gasteiger partial charge on any atom is 0.0107 e. The lowest BCUT2D eigenvalue weighted by atomic mass is 10.0. The first-order chi connectivity index (χ1) is 9.38. The lowest BCUT2D eigenvalue weighted by molar-refractivity contribution is 0.296. The van der Waals surface area contributed by atoms with Crippen molar-refractivity contribution in [1.29, 1.82) is 0 Å². The molecule has 1 N–H and O–H groups in total. The Morgan fingerprint density at radius 3 is 2.47 bits per heavy atom. The first-order valence-electron chi connectivity index (χ1n) is 7.89. The fraction of sp³-hybridized carbons (Fsp3) is 0.647. The molecule has 2 heteroatoms. The van der Waals surface area contributed by atoms with Gasteiger partial charge in [-0.05, 0) is 49.9 Å². The van der Waals surface area contributed by atoms with Gasteiger partial charge in [-0.1, -0.05) is 37.6 Å². The molecular formula is C17H28N2. The van der Waals surface area contributed by atoms with Gasteiger partial charge in [0, 0.05) is 19.6 Å². The van der Waals surface area contributed by atoms with Crippen LogP contribution in [0.4, 0.5) is 0 Å². The summed E-state index contributed by atoms with van der Waals surface area (Å²) in [4.78, 5) is 2.59. The Morgan fingerprint density at radius 2 is 1.74 bits per heavy atom. The van der Waals surface area contributed by atoms with Gasteiger partial charge in [-0.2, -0.15) is 0 Å². The second kappa shape index (κ2) is 8.34. The summed E-state index contributed by atoms with van der Waals surface area (Å²) < 4.78 is 0. The van der Waals surface area contributed by atoms with Crippen molar-refractivity contribution in [2.24, 2.45) is 0 Å². The summed E-state index contributed by atoms with van der Waals surface area (Å²) >= 11 is 0. The summed E-state index contributed by atoms with van der Waals surface area (Å²) in [6.07, 6.45) is 6.30. The number of unbranched alkanes of at least 4 members (excludes halogenated alkanes) is 1. The van der Waals surface area contributed by atoms with Gasteiger partial charge in [0.2, 0.25) is 0 Å². The zero-order valence-corrected chi connectivity index (χ0v) is 12.3. The number of aryl methyl sites for hydroxylation is 1. The third kappa shape index (κ3) is 5.33. The van der Waals surface area contributed by atoms with Gasteiger partial charge >= 0.3 is 0 Å². The van der Waals surface area contributed by atoms with Gasteiger partial charge in [-0.3, -0.25) is 0 Å². The molecule has 0 atom stereocenters. The highest BCUT2D eigenvalue weighted by atomic mass is 15.1. The fourth-order valence-corrected chi connectivity index (χ4v) is 2.67. The molecule has 0 aromatic heterocycles. The summed E-state index contributed by atoms with van der Waals surface area (Å²) in [5.41, 5.74) is 2.97. The highest BCUT2D eigenvalue weighted by molar-refractivity contribution is 5.22. The minimum absolute atomic E-state index is 1.15. The van der Waals surface area contributed by atoms with E-state index in [1.807, 2.05) is 0 Å². The van der Waals surface area contributed by atoms with Crippen molar-refractivity contribution in [1.82, 2.24) is 10.2 Å². The lowest BCUT2D eigenvalue weighted by Crippen LogP contribution is -2.30. The number of hydrogen-bond donors (Lipinski definition) is 1. The monoisotopic (exact) mass is 260 g/mol. The molecular weight excluding hydrogens is 232 g/mol. The molecule has 0 aliphatic carbocycles. The Labute approximate surface area is 118 Å². The average molecular weight is 260 g/mol. The number of benzene rings is 1. The molecule has 1 aromatic rings. The number of hydrogen-bond acceptors (Lipinski definition) is 2. The summed E-state index contributed by atoms with van der Waals surface area (Å²) in [6, 6.07) is 9.27. The number of rotatable bonds is 6. The van der Waals surface area contributed by atoms with Crippen LogP contribution in [-0.4, -0.2) is 37.6 Å². The average Bonchev–Trinajstić information content (AvgIpc) is 2.72. The van der Waals surface area contributed by atoms with Gasteiger partial charge in [0.15, 0.2) is 0 Å². The van der Waals surface area contributed by atoms with Crippen LogP contribution in [-0.2, 0) is 12.8 Å². The predicted molar refractivity (Wildman–Crippen MR) is 82.7 cm³/mol. The van der Waals surface area contributed by atoms with E-state index in [1.165, 1.54) is 69.4 Å². The molecule has 1 fully saturated rings. The van der Waals surface area contributed by atoms with Gasteiger partial charge in [0.05, 0.1) is 0 Å². The van der Waals surface area contributed by atoms with Crippen LogP contribution in [0.3, 0.4) is 0 Å². The molecule has 19 heavy (non-hydrogen) atoms. The van der Waals surface area contributed by atoms with Gasteiger partial charge in [-0.25, -0.2) is 0 Å². The van der Waals surface area contributed by atoms with Crippen LogP contribution in [0.5, 0.6) is 0 Å². The van der Waals surface area contributed by atoms with Gasteiger partial charge in [0.1, 0.15) is 0 Å². The van der Waals surface area contributed by atoms with Crippen LogP contribution in [0, 0.1) is 0 Å². The van der Waals surface area contributed by atoms with E-state index in [4.69, 9.17) is 0 Å². The highest BCUT2D eigenvalue weighted by Crippen LogP contribution is 2.09. The van der Waals surface area contributed by atoms with Gasteiger partial charge in [0.25, 0.3) is 0 Å². The van der Waals surface area contributed by atoms with Crippen molar-refractivity contribution in [3.05, 3.63) is 35.4 Å². The molecule has 1 heterocycles. The Bertz CT molecular complexity index is 337. The summed E-state index contributed by atoms with van der Waals surface area (Å²) in [6.45, 7) is 8.25. The van der Waals surface area contributed by atoms with Crippen molar-refractivity contribution in [2.75, 3.05) is 32.7 Å². The maximum absolute atomic E-state index is 3.46. The third-order valence-electron chi connectivity index (χ3n) is 3.99. The summed E-state index contributed by atoms with van der Waals surface area (Å²) in [7, 11) is 0. The van der Waals surface area contributed by atoms with E-state index in [-0.39, 0.29) is 0 Å². The van der Waals surface area contributed by atoms with Crippen molar-refractivity contribution >= 4 is 0 Å². The van der Waals surface area contributed by atoms with E-state index < -0.39 is 0 Å². The molecule has 1 saturated heterocycles. The summed E-state index contributed by atoms with van der Waals surface area (Å²) in [5, 5.41) is 3.46. The molecule has 1 aliphatic heterocycles. The van der Waals surface area contributed by atoms with Crippen molar-refractivity contribution in [2.45, 2.75) is 39.0 Å². The molecule has 2 nitrogen and oxygen atoms in total. The van der Waals surface area contributed by atoms with E-state index in [0.717, 1.165) is 6.54 Å². The topological polar surface area (TPSA) is 15.3 Å². The molecule has 0 unspecified atom stereocenters. The van der Waals surface area contributed by atoms with Gasteiger partial charge in [-0.15, -0.1) is 0 Å². The van der Waals surface area contributed by atoms with Crippen LogP contribution >= 0.6 is 0 Å². The van der Waals surface area contributed by atoms with E-state index in [0.29, 0.717) is 0 Å². The molecule has 1 aliphatic rings. The molecule has 0 spiro atoms. The van der Waals surface area contributed by atoms with Crippen LogP contribution < -0.4 is 5.32 Å². The smallest absolute Gasteiger partial charge is 0.0107 e. The molecule has 2 rings (SSSR count). The van der Waals surface area contributed by atoms with Crippen LogP contribution in [0.1, 0.15) is 37.3 Å². The van der Waals surface area contributed by atoms with Crippen LogP contribution in [0.25, 0.3) is 0 Å².